The highest BCUT2D eigenvalue weighted by atomic mass is 35.5. The van der Waals surface area contributed by atoms with E-state index in [4.69, 9.17) is 26.8 Å². The minimum Gasteiger partial charge on any atom is -0.472 e. The van der Waals surface area contributed by atoms with E-state index in [9.17, 15) is 4.79 Å². The molecule has 1 aromatic heterocycles. The van der Waals surface area contributed by atoms with E-state index >= 15 is 0 Å². The minimum absolute atomic E-state index is 0.294. The van der Waals surface area contributed by atoms with Gasteiger partial charge in [-0.25, -0.2) is 9.78 Å². The van der Waals surface area contributed by atoms with Gasteiger partial charge in [0.25, 0.3) is 0 Å². The van der Waals surface area contributed by atoms with Gasteiger partial charge in [0.05, 0.1) is 12.6 Å². The van der Waals surface area contributed by atoms with Crippen LogP contribution in [0, 0.1) is 0 Å². The van der Waals surface area contributed by atoms with Gasteiger partial charge in [-0.2, -0.15) is 0 Å². The fraction of sp³-hybridized carbons (Fsp3) is 0.400. The van der Waals surface area contributed by atoms with Gasteiger partial charge in [0.15, 0.2) is 0 Å². The van der Waals surface area contributed by atoms with Gasteiger partial charge in [0, 0.05) is 17.5 Å². The molecule has 2 heterocycles. The van der Waals surface area contributed by atoms with Crippen molar-refractivity contribution in [3.63, 3.8) is 0 Å². The third-order valence-corrected chi connectivity index (χ3v) is 4.46. The number of amides is 1. The molecule has 1 fully saturated rings. The number of nitrogens with zero attached hydrogens (tertiary/aromatic N) is 2. The summed E-state index contributed by atoms with van der Waals surface area (Å²) in [6.45, 7) is 9.61. The van der Waals surface area contributed by atoms with Crippen molar-refractivity contribution < 1.29 is 14.3 Å². The molecule has 2 atom stereocenters. The molecule has 6 nitrogen and oxygen atoms in total. The number of aromatic nitrogens is 1. The lowest BCUT2D eigenvalue weighted by molar-refractivity contribution is 0.0232. The Bertz CT molecular complexity index is 878. The second-order valence-electron chi connectivity index (χ2n) is 7.67. The number of ether oxygens (including phenoxy) is 2. The Morgan fingerprint density at radius 2 is 2.07 bits per heavy atom. The van der Waals surface area contributed by atoms with Crippen molar-refractivity contribution >= 4 is 28.5 Å². The maximum Gasteiger partial charge on any atom is 0.410 e. The first kappa shape index (κ1) is 19.3. The number of benzene rings is 1. The summed E-state index contributed by atoms with van der Waals surface area (Å²) in [6, 6.07) is 9.15. The van der Waals surface area contributed by atoms with E-state index in [0.717, 1.165) is 10.8 Å². The first-order chi connectivity index (χ1) is 12.6. The molecule has 0 spiro atoms. The number of rotatable bonds is 3. The standard InChI is InChI=1S/C20H24ClN3O3/c1-12(22)16-10-14(11-24(16)19(25)27-20(2,3)4)26-18-15-8-6-5-7-13(15)9-17(21)23-18/h5-9,14,16H,1,10-11,22H2,2-4H3/t14-,16+/m1/s1. The van der Waals surface area contributed by atoms with Crippen molar-refractivity contribution in [3.05, 3.63) is 47.8 Å². The number of carbonyl (C=O) groups excluding carboxylic acids is 1. The van der Waals surface area contributed by atoms with E-state index < -0.39 is 11.7 Å². The minimum atomic E-state index is -0.596. The van der Waals surface area contributed by atoms with Crippen molar-refractivity contribution in [1.82, 2.24) is 9.88 Å². The molecule has 0 unspecified atom stereocenters. The molecule has 2 N–H and O–H groups in total. The predicted octanol–water partition coefficient (Wildman–Crippen LogP) is 4.12. The van der Waals surface area contributed by atoms with E-state index in [1.807, 2.05) is 45.0 Å². The quantitative estimate of drug-likeness (QED) is 0.799. The monoisotopic (exact) mass is 389 g/mol. The van der Waals surface area contributed by atoms with E-state index in [1.165, 1.54) is 0 Å². The average molecular weight is 390 g/mol. The molecule has 0 aliphatic carbocycles. The summed E-state index contributed by atoms with van der Waals surface area (Å²) in [5.74, 6) is 0.440. The van der Waals surface area contributed by atoms with Crippen molar-refractivity contribution in [1.29, 1.82) is 0 Å². The number of nitrogens with two attached hydrogens (primary N) is 1. The Hall–Kier alpha value is -2.47. The Kier molecular flexibility index (Phi) is 5.20. The third-order valence-electron chi connectivity index (χ3n) is 4.27. The van der Waals surface area contributed by atoms with Crippen LogP contribution in [0.25, 0.3) is 10.8 Å². The van der Waals surface area contributed by atoms with Gasteiger partial charge < -0.3 is 15.2 Å². The summed E-state index contributed by atoms with van der Waals surface area (Å²) in [5.41, 5.74) is 5.73. The third kappa shape index (κ3) is 4.45. The normalized spacial score (nSPS) is 19.9. The lowest BCUT2D eigenvalue weighted by atomic mass is 10.1. The molecule has 2 aromatic rings. The first-order valence-corrected chi connectivity index (χ1v) is 9.17. The van der Waals surface area contributed by atoms with Gasteiger partial charge in [0.2, 0.25) is 5.88 Å². The van der Waals surface area contributed by atoms with E-state index in [1.54, 1.807) is 11.0 Å². The maximum absolute atomic E-state index is 12.6. The smallest absolute Gasteiger partial charge is 0.410 e. The summed E-state index contributed by atoms with van der Waals surface area (Å²) in [5, 5.41) is 2.15. The van der Waals surface area contributed by atoms with Crippen LogP contribution in [0.4, 0.5) is 4.79 Å². The summed E-state index contributed by atoms with van der Waals surface area (Å²) < 4.78 is 11.6. The van der Waals surface area contributed by atoms with Gasteiger partial charge in [0.1, 0.15) is 16.9 Å². The van der Waals surface area contributed by atoms with Crippen LogP contribution in [-0.4, -0.2) is 40.3 Å². The molecule has 144 valence electrons. The number of hydrogen-bond donors (Lipinski definition) is 1. The second kappa shape index (κ2) is 7.27. The Balaban J connectivity index is 1.83. The zero-order valence-corrected chi connectivity index (χ0v) is 16.5. The van der Waals surface area contributed by atoms with Gasteiger partial charge in [-0.15, -0.1) is 0 Å². The van der Waals surface area contributed by atoms with Gasteiger partial charge in [-0.3, -0.25) is 4.90 Å². The first-order valence-electron chi connectivity index (χ1n) is 8.80. The molecule has 1 amide bonds. The zero-order valence-electron chi connectivity index (χ0n) is 15.7. The summed E-state index contributed by atoms with van der Waals surface area (Å²) >= 11 is 6.13. The molecular formula is C20H24ClN3O3. The van der Waals surface area contributed by atoms with Crippen LogP contribution in [0.15, 0.2) is 42.6 Å². The van der Waals surface area contributed by atoms with Crippen LogP contribution in [0.3, 0.4) is 0 Å². The highest BCUT2D eigenvalue weighted by Crippen LogP contribution is 2.31. The molecule has 0 saturated carbocycles. The fourth-order valence-corrected chi connectivity index (χ4v) is 3.33. The number of pyridine rings is 1. The Morgan fingerprint density at radius 1 is 1.37 bits per heavy atom. The second-order valence-corrected chi connectivity index (χ2v) is 8.06. The molecule has 0 radical (unpaired) electrons. The Morgan fingerprint density at radius 3 is 2.74 bits per heavy atom. The summed E-state index contributed by atoms with van der Waals surface area (Å²) in [6.07, 6.45) is -0.219. The molecule has 1 aliphatic heterocycles. The van der Waals surface area contributed by atoms with Crippen LogP contribution in [0.5, 0.6) is 5.88 Å². The Labute approximate surface area is 163 Å². The lowest BCUT2D eigenvalue weighted by Gasteiger charge is -2.28. The summed E-state index contributed by atoms with van der Waals surface area (Å²) in [4.78, 5) is 18.4. The van der Waals surface area contributed by atoms with Crippen LogP contribution in [0.2, 0.25) is 5.15 Å². The van der Waals surface area contributed by atoms with Gasteiger partial charge in [-0.05, 0) is 38.3 Å². The highest BCUT2D eigenvalue weighted by Gasteiger charge is 2.39. The van der Waals surface area contributed by atoms with Crippen molar-refractivity contribution in [2.24, 2.45) is 5.73 Å². The van der Waals surface area contributed by atoms with Crippen LogP contribution in [0.1, 0.15) is 27.2 Å². The number of hydrogen-bond acceptors (Lipinski definition) is 5. The molecular weight excluding hydrogens is 366 g/mol. The van der Waals surface area contributed by atoms with Gasteiger partial charge >= 0.3 is 6.09 Å². The maximum atomic E-state index is 12.6. The van der Waals surface area contributed by atoms with E-state index in [2.05, 4.69) is 11.6 Å². The van der Waals surface area contributed by atoms with Crippen molar-refractivity contribution in [3.8, 4) is 5.88 Å². The fourth-order valence-electron chi connectivity index (χ4n) is 3.14. The molecule has 27 heavy (non-hydrogen) atoms. The van der Waals surface area contributed by atoms with Crippen LogP contribution in [-0.2, 0) is 4.74 Å². The SMILES string of the molecule is C=C(N)[C@@H]1C[C@@H](Oc2nc(Cl)cc3ccccc23)CN1C(=O)OC(C)(C)C. The summed E-state index contributed by atoms with van der Waals surface area (Å²) in [7, 11) is 0. The predicted molar refractivity (Wildman–Crippen MR) is 106 cm³/mol. The topological polar surface area (TPSA) is 77.7 Å². The van der Waals surface area contributed by atoms with Crippen molar-refractivity contribution in [2.75, 3.05) is 6.54 Å². The largest absolute Gasteiger partial charge is 0.472 e. The molecule has 0 bridgehead atoms. The average Bonchev–Trinajstić information content (AvgIpc) is 2.97. The highest BCUT2D eigenvalue weighted by molar-refractivity contribution is 6.30. The van der Waals surface area contributed by atoms with E-state index in [-0.39, 0.29) is 12.1 Å². The molecule has 1 saturated heterocycles. The van der Waals surface area contributed by atoms with Crippen LogP contribution < -0.4 is 10.5 Å². The molecule has 3 rings (SSSR count). The van der Waals surface area contributed by atoms with Crippen LogP contribution >= 0.6 is 11.6 Å². The van der Waals surface area contributed by atoms with Gasteiger partial charge in [-0.1, -0.05) is 36.4 Å². The number of halogens is 1. The molecule has 1 aliphatic rings. The lowest BCUT2D eigenvalue weighted by Crippen LogP contribution is -2.42. The number of carbonyl (C=O) groups is 1. The van der Waals surface area contributed by atoms with Crippen molar-refractivity contribution in [2.45, 2.75) is 44.9 Å². The molecule has 1 aromatic carbocycles. The number of fused-ring (bicyclic) bond motifs is 1. The zero-order chi connectivity index (χ0) is 19.8. The van der Waals surface area contributed by atoms with E-state index in [0.29, 0.717) is 29.7 Å². The number of likely N-dealkylation sites (tertiary alicyclic amines) is 1. The molecule has 7 heteroatoms.